The molecule has 0 bridgehead atoms. The fourth-order valence-corrected chi connectivity index (χ4v) is 4.27. The number of hydrogen-bond acceptors (Lipinski definition) is 3. The first-order chi connectivity index (χ1) is 13.7. The highest BCUT2D eigenvalue weighted by molar-refractivity contribution is 5.90. The van der Waals surface area contributed by atoms with Crippen molar-refractivity contribution in [1.29, 1.82) is 0 Å². The molecule has 3 aliphatic rings. The Balaban J connectivity index is 1.35. The third kappa shape index (κ3) is 3.15. The predicted octanol–water partition coefficient (Wildman–Crippen LogP) is 3.44. The van der Waals surface area contributed by atoms with Gasteiger partial charge in [-0.15, -0.1) is 0 Å². The van der Waals surface area contributed by atoms with E-state index in [1.54, 1.807) is 0 Å². The highest BCUT2D eigenvalue weighted by atomic mass is 16.5. The van der Waals surface area contributed by atoms with E-state index in [0.29, 0.717) is 19.1 Å². The van der Waals surface area contributed by atoms with Crippen molar-refractivity contribution in [3.63, 3.8) is 0 Å². The van der Waals surface area contributed by atoms with E-state index >= 15 is 0 Å². The number of para-hydroxylation sites is 2. The Kier molecular flexibility index (Phi) is 4.30. The molecule has 2 aromatic rings. The fourth-order valence-electron chi connectivity index (χ4n) is 4.27. The van der Waals surface area contributed by atoms with Gasteiger partial charge in [0.05, 0.1) is 5.92 Å². The molecule has 2 heterocycles. The van der Waals surface area contributed by atoms with Crippen molar-refractivity contribution < 1.29 is 14.3 Å². The van der Waals surface area contributed by atoms with Gasteiger partial charge in [0.15, 0.2) is 0 Å². The van der Waals surface area contributed by atoms with Crippen molar-refractivity contribution in [1.82, 2.24) is 10.2 Å². The summed E-state index contributed by atoms with van der Waals surface area (Å²) in [5.74, 6) is 1.44. The zero-order valence-electron chi connectivity index (χ0n) is 15.8. The van der Waals surface area contributed by atoms with Gasteiger partial charge in [0.25, 0.3) is 0 Å². The van der Waals surface area contributed by atoms with Crippen molar-refractivity contribution in [3.8, 4) is 11.5 Å². The lowest BCUT2D eigenvalue weighted by atomic mass is 9.86. The Morgan fingerprint density at radius 2 is 1.43 bits per heavy atom. The number of ether oxygens (including phenoxy) is 1. The first kappa shape index (κ1) is 17.3. The van der Waals surface area contributed by atoms with Crippen LogP contribution in [0.25, 0.3) is 0 Å². The van der Waals surface area contributed by atoms with Crippen LogP contribution < -0.4 is 10.1 Å². The molecule has 2 aliphatic heterocycles. The number of hydrogen-bond donors (Lipinski definition) is 1. The molecule has 2 aromatic carbocycles. The van der Waals surface area contributed by atoms with E-state index in [1.807, 2.05) is 53.4 Å². The van der Waals surface area contributed by atoms with Gasteiger partial charge in [-0.25, -0.2) is 0 Å². The Morgan fingerprint density at radius 1 is 0.857 bits per heavy atom. The molecule has 1 saturated carbocycles. The number of carbonyl (C=O) groups excluding carboxylic acids is 2. The first-order valence-corrected chi connectivity index (χ1v) is 10.2. The van der Waals surface area contributed by atoms with Gasteiger partial charge in [0.1, 0.15) is 11.5 Å². The van der Waals surface area contributed by atoms with Gasteiger partial charge in [0, 0.05) is 36.2 Å². The SMILES string of the molecule is O=C(NC1CC1)C1CCN(C(=O)C2c3ccccc3Oc3ccccc32)CC1. The Labute approximate surface area is 164 Å². The van der Waals surface area contributed by atoms with E-state index in [0.717, 1.165) is 48.3 Å². The molecule has 0 atom stereocenters. The van der Waals surface area contributed by atoms with Crippen molar-refractivity contribution in [3.05, 3.63) is 59.7 Å². The molecule has 1 aliphatic carbocycles. The van der Waals surface area contributed by atoms with Crippen LogP contribution in [0.15, 0.2) is 48.5 Å². The van der Waals surface area contributed by atoms with E-state index in [9.17, 15) is 9.59 Å². The van der Waals surface area contributed by atoms with E-state index in [1.165, 1.54) is 0 Å². The summed E-state index contributed by atoms with van der Waals surface area (Å²) in [5.41, 5.74) is 1.83. The molecule has 5 nitrogen and oxygen atoms in total. The lowest BCUT2D eigenvalue weighted by Crippen LogP contribution is -2.45. The number of piperidine rings is 1. The second-order valence-electron chi connectivity index (χ2n) is 7.99. The third-order valence-corrected chi connectivity index (χ3v) is 6.03. The van der Waals surface area contributed by atoms with Crippen LogP contribution in [-0.2, 0) is 9.59 Å². The van der Waals surface area contributed by atoms with Crippen LogP contribution in [0.5, 0.6) is 11.5 Å². The van der Waals surface area contributed by atoms with Gasteiger partial charge in [-0.1, -0.05) is 36.4 Å². The van der Waals surface area contributed by atoms with E-state index in [-0.39, 0.29) is 23.7 Å². The molecule has 1 N–H and O–H groups in total. The van der Waals surface area contributed by atoms with Crippen molar-refractivity contribution in [2.24, 2.45) is 5.92 Å². The maximum Gasteiger partial charge on any atom is 0.234 e. The summed E-state index contributed by atoms with van der Waals surface area (Å²) in [6, 6.07) is 15.9. The largest absolute Gasteiger partial charge is 0.457 e. The molecule has 5 rings (SSSR count). The number of amides is 2. The molecular formula is C23H24N2O3. The molecule has 0 unspecified atom stereocenters. The average Bonchev–Trinajstić information content (AvgIpc) is 3.55. The lowest BCUT2D eigenvalue weighted by Gasteiger charge is -2.36. The number of nitrogens with one attached hydrogen (secondary N) is 1. The number of nitrogens with zero attached hydrogens (tertiary/aromatic N) is 1. The van der Waals surface area contributed by atoms with Crippen molar-refractivity contribution in [2.75, 3.05) is 13.1 Å². The van der Waals surface area contributed by atoms with E-state index in [2.05, 4.69) is 5.32 Å². The predicted molar refractivity (Wildman–Crippen MR) is 105 cm³/mol. The van der Waals surface area contributed by atoms with Gasteiger partial charge < -0.3 is 15.0 Å². The summed E-state index contributed by atoms with van der Waals surface area (Å²) in [4.78, 5) is 27.8. The molecule has 144 valence electrons. The minimum Gasteiger partial charge on any atom is -0.457 e. The van der Waals surface area contributed by atoms with Crippen molar-refractivity contribution in [2.45, 2.75) is 37.6 Å². The number of rotatable bonds is 3. The summed E-state index contributed by atoms with van der Waals surface area (Å²) in [6.45, 7) is 1.26. The Bertz CT molecular complexity index is 868. The van der Waals surface area contributed by atoms with E-state index in [4.69, 9.17) is 4.74 Å². The third-order valence-electron chi connectivity index (χ3n) is 6.03. The summed E-state index contributed by atoms with van der Waals surface area (Å²) >= 11 is 0. The summed E-state index contributed by atoms with van der Waals surface area (Å²) < 4.78 is 6.01. The van der Waals surface area contributed by atoms with Gasteiger partial charge in [-0.3, -0.25) is 9.59 Å². The quantitative estimate of drug-likeness (QED) is 0.893. The minimum atomic E-state index is -0.349. The van der Waals surface area contributed by atoms with Crippen LogP contribution in [0, 0.1) is 5.92 Å². The highest BCUT2D eigenvalue weighted by Crippen LogP contribution is 2.44. The standard InChI is InChI=1S/C23H24N2O3/c26-22(24-16-9-10-16)15-11-13-25(14-12-15)23(27)21-17-5-1-3-7-19(17)28-20-8-4-2-6-18(20)21/h1-8,15-16,21H,9-14H2,(H,24,26). The minimum absolute atomic E-state index is 0.0268. The summed E-state index contributed by atoms with van der Waals surface area (Å²) in [7, 11) is 0. The maximum absolute atomic E-state index is 13.5. The fraction of sp³-hybridized carbons (Fsp3) is 0.391. The molecule has 2 amide bonds. The van der Waals surface area contributed by atoms with Gasteiger partial charge >= 0.3 is 0 Å². The molecular weight excluding hydrogens is 352 g/mol. The molecule has 0 aromatic heterocycles. The van der Waals surface area contributed by atoms with Crippen LogP contribution in [-0.4, -0.2) is 35.8 Å². The maximum atomic E-state index is 13.5. The molecule has 2 fully saturated rings. The van der Waals surface area contributed by atoms with Crippen molar-refractivity contribution >= 4 is 11.8 Å². The normalized spacial score (nSPS) is 19.4. The van der Waals surface area contributed by atoms with Gasteiger partial charge in [0.2, 0.25) is 11.8 Å². The lowest BCUT2D eigenvalue weighted by molar-refractivity contribution is -0.136. The molecule has 28 heavy (non-hydrogen) atoms. The van der Waals surface area contributed by atoms with Crippen LogP contribution in [0.4, 0.5) is 0 Å². The molecule has 0 radical (unpaired) electrons. The van der Waals surface area contributed by atoms with Crippen LogP contribution in [0.1, 0.15) is 42.7 Å². The second-order valence-corrected chi connectivity index (χ2v) is 7.99. The molecule has 5 heteroatoms. The second kappa shape index (κ2) is 6.97. The Morgan fingerprint density at radius 3 is 2.00 bits per heavy atom. The first-order valence-electron chi connectivity index (χ1n) is 10.2. The topological polar surface area (TPSA) is 58.6 Å². The molecule has 1 saturated heterocycles. The monoisotopic (exact) mass is 376 g/mol. The van der Waals surface area contributed by atoms with Crippen LogP contribution in [0.2, 0.25) is 0 Å². The number of carbonyl (C=O) groups is 2. The zero-order chi connectivity index (χ0) is 19.1. The van der Waals surface area contributed by atoms with Gasteiger partial charge in [-0.2, -0.15) is 0 Å². The van der Waals surface area contributed by atoms with Crippen LogP contribution >= 0.6 is 0 Å². The highest BCUT2D eigenvalue weighted by Gasteiger charge is 2.37. The van der Waals surface area contributed by atoms with Gasteiger partial charge in [-0.05, 0) is 37.8 Å². The zero-order valence-corrected chi connectivity index (χ0v) is 15.8. The summed E-state index contributed by atoms with van der Waals surface area (Å²) in [6.07, 6.45) is 3.67. The number of benzene rings is 2. The smallest absolute Gasteiger partial charge is 0.234 e. The van der Waals surface area contributed by atoms with Crippen LogP contribution in [0.3, 0.4) is 0 Å². The average molecular weight is 376 g/mol. The Hall–Kier alpha value is -2.82. The number of fused-ring (bicyclic) bond motifs is 2. The summed E-state index contributed by atoms with van der Waals surface area (Å²) in [5, 5.41) is 3.10. The molecule has 0 spiro atoms. The van der Waals surface area contributed by atoms with E-state index < -0.39 is 0 Å². The number of likely N-dealkylation sites (tertiary alicyclic amines) is 1.